The Morgan fingerprint density at radius 2 is 0.754 bits per heavy atom. The predicted molar refractivity (Wildman–Crippen MR) is 456 cm³/mol. The number of aryl methyl sites for hydroxylation is 6. The first kappa shape index (κ1) is 81.3. The van der Waals surface area contributed by atoms with Gasteiger partial charge in [0.1, 0.15) is 23.3 Å². The molecule has 12 heterocycles. The van der Waals surface area contributed by atoms with E-state index >= 15 is 0 Å². The number of aromatic nitrogens is 6. The Hall–Kier alpha value is -10.8. The number of amides is 3. The molecule has 15 rings (SSSR count). The lowest BCUT2D eigenvalue weighted by atomic mass is 9.82. The van der Waals surface area contributed by atoms with Gasteiger partial charge in [-0.25, -0.2) is 19.9 Å². The van der Waals surface area contributed by atoms with E-state index in [-0.39, 0.29) is 61.5 Å². The summed E-state index contributed by atoms with van der Waals surface area (Å²) in [5, 5.41) is 41.8. The minimum absolute atomic E-state index is 0.00715. The predicted octanol–water partition coefficient (Wildman–Crippen LogP) is 12.3. The number of nitrogens with zero attached hydrogens (tertiary/aromatic N) is 14. The van der Waals surface area contributed by atoms with Crippen LogP contribution in [0.25, 0.3) is 0 Å². The summed E-state index contributed by atoms with van der Waals surface area (Å²) in [6.07, 6.45) is 16.0. The van der Waals surface area contributed by atoms with E-state index in [9.17, 15) is 29.7 Å². The number of carbonyl (C=O) groups is 3. The van der Waals surface area contributed by atoms with Crippen molar-refractivity contribution in [2.75, 3.05) is 152 Å². The number of benzene rings is 3. The number of aliphatic hydroxyl groups is 3. The third-order valence-corrected chi connectivity index (χ3v) is 24.2. The molecule has 6 fully saturated rings. The topological polar surface area (TPSA) is 251 Å². The molecule has 3 aromatic carbocycles. The van der Waals surface area contributed by atoms with Crippen molar-refractivity contribution in [3.05, 3.63) is 237 Å². The molecule has 0 aliphatic carbocycles. The molecule has 0 saturated carbocycles. The maximum atomic E-state index is 13.9. The standard InChI is InChI=1S/C31H39N5O2.2C30H38N6O2/c1-21-18-22(2)30(34-25-10-15-35(16-11-25)28-9-5-7-14-33-28)23(3)29(21)31(38)36-17-12-26(24(19-36)20-37)27-8-4-6-13-32-27;1-21-18-22(2)29(33-24-10-14-34(15-11-24)26-8-4-6-12-31-26)23(3)28(21)30(38)35-16-17-36(25(19-35)20-37)27-9-5-7-13-32-27;1-21-28(30(38)35-17-18-36(26(19-35)20-37)25-9-5-4-6-10-25)22(2)32-23(3)29(21)33-24-12-15-34(16-13-24)27-11-7-8-14-31-27/h4-9,13-14,18,24-26,34,37H,10-12,15-17,19-20H2,1-3H3;4-9,12-13,18,24-25,33,37H,10-11,14-17,19-20H2,1-3H3;4-11,14,24,26,33,37H,12-13,15-20H2,1-3H3/t24-,26?;25-;26-/m000/s1. The second-order valence-corrected chi connectivity index (χ2v) is 31.6. The van der Waals surface area contributed by atoms with Crippen LogP contribution in [0, 0.1) is 68.2 Å². The Labute approximate surface area is 672 Å². The van der Waals surface area contributed by atoms with Crippen molar-refractivity contribution < 1.29 is 29.7 Å². The van der Waals surface area contributed by atoms with Gasteiger partial charge in [-0.05, 0) is 219 Å². The van der Waals surface area contributed by atoms with Gasteiger partial charge in [-0.1, -0.05) is 60.7 Å². The van der Waals surface area contributed by atoms with E-state index in [1.807, 2.05) is 159 Å². The average molecular weight is 1540 g/mol. The lowest BCUT2D eigenvalue weighted by Crippen LogP contribution is -2.56. The van der Waals surface area contributed by atoms with Crippen LogP contribution in [0.5, 0.6) is 0 Å². The monoisotopic (exact) mass is 1540 g/mol. The fourth-order valence-corrected chi connectivity index (χ4v) is 18.1. The summed E-state index contributed by atoms with van der Waals surface area (Å²) in [7, 11) is 0. The number of anilines is 8. The van der Waals surface area contributed by atoms with Crippen LogP contribution in [-0.4, -0.2) is 219 Å². The minimum Gasteiger partial charge on any atom is -0.396 e. The maximum absolute atomic E-state index is 13.9. The molecule has 23 nitrogen and oxygen atoms in total. The zero-order valence-corrected chi connectivity index (χ0v) is 67.9. The van der Waals surface area contributed by atoms with E-state index in [4.69, 9.17) is 4.98 Å². The molecular weight excluding hydrogens is 1430 g/mol. The molecule has 6 aromatic heterocycles. The van der Waals surface area contributed by atoms with Crippen LogP contribution in [0.15, 0.2) is 164 Å². The number of piperazine rings is 2. The van der Waals surface area contributed by atoms with E-state index in [1.54, 1.807) is 12.4 Å². The van der Waals surface area contributed by atoms with Crippen LogP contribution in [0.4, 0.5) is 46.0 Å². The molecule has 1 unspecified atom stereocenters. The molecule has 4 atom stereocenters. The van der Waals surface area contributed by atoms with Crippen LogP contribution in [0.2, 0.25) is 0 Å². The molecule has 0 spiro atoms. The Bertz CT molecular complexity index is 4200. The van der Waals surface area contributed by atoms with Crippen LogP contribution in [0.3, 0.4) is 0 Å². The van der Waals surface area contributed by atoms with Gasteiger partial charge >= 0.3 is 0 Å². The van der Waals surface area contributed by atoms with E-state index < -0.39 is 0 Å². The largest absolute Gasteiger partial charge is 0.396 e. The summed E-state index contributed by atoms with van der Waals surface area (Å²) in [4.78, 5) is 85.9. The van der Waals surface area contributed by atoms with Gasteiger partial charge in [0.05, 0.1) is 47.9 Å². The summed E-state index contributed by atoms with van der Waals surface area (Å²) in [5.41, 5.74) is 16.4. The Morgan fingerprint density at radius 1 is 0.368 bits per heavy atom. The highest BCUT2D eigenvalue weighted by molar-refractivity contribution is 6.00. The third kappa shape index (κ3) is 18.9. The third-order valence-electron chi connectivity index (χ3n) is 24.2. The molecule has 600 valence electrons. The number of aliphatic hydroxyl groups excluding tert-OH is 3. The van der Waals surface area contributed by atoms with Gasteiger partial charge in [-0.2, -0.15) is 0 Å². The smallest absolute Gasteiger partial charge is 0.256 e. The summed E-state index contributed by atoms with van der Waals surface area (Å²) in [6, 6.07) is 44.9. The second-order valence-electron chi connectivity index (χ2n) is 31.6. The Kier molecular flexibility index (Phi) is 27.0. The highest BCUT2D eigenvalue weighted by atomic mass is 16.3. The van der Waals surface area contributed by atoms with Crippen LogP contribution in [0.1, 0.15) is 138 Å². The summed E-state index contributed by atoms with van der Waals surface area (Å²) in [6.45, 7) is 28.8. The van der Waals surface area contributed by atoms with Gasteiger partial charge in [-0.3, -0.25) is 24.4 Å². The lowest BCUT2D eigenvalue weighted by molar-refractivity contribution is 0.0572. The minimum atomic E-state index is -0.185. The molecule has 3 amide bonds. The highest BCUT2D eigenvalue weighted by Gasteiger charge is 2.38. The molecular formula is C91H115N17O6. The zero-order valence-electron chi connectivity index (χ0n) is 67.9. The van der Waals surface area contributed by atoms with Crippen LogP contribution >= 0.6 is 0 Å². The van der Waals surface area contributed by atoms with Crippen molar-refractivity contribution in [3.8, 4) is 0 Å². The van der Waals surface area contributed by atoms with Gasteiger partial charge < -0.3 is 70.5 Å². The number of pyridine rings is 6. The molecule has 6 saturated heterocycles. The number of hydrogen-bond acceptors (Lipinski definition) is 20. The first-order chi connectivity index (χ1) is 55.4. The van der Waals surface area contributed by atoms with Crippen LogP contribution < -0.4 is 40.4 Å². The number of hydrogen-bond donors (Lipinski definition) is 6. The number of piperidine rings is 4. The van der Waals surface area contributed by atoms with Crippen molar-refractivity contribution in [1.82, 2.24) is 44.6 Å². The van der Waals surface area contributed by atoms with Gasteiger partial charge in [0, 0.05) is 193 Å². The first-order valence-electron chi connectivity index (χ1n) is 41.0. The Balaban J connectivity index is 0.000000149. The average Bonchev–Trinajstić information content (AvgIpc) is 0.785. The fraction of sp³-hybridized carbons (Fsp3) is 0.440. The van der Waals surface area contributed by atoms with Gasteiger partial charge in [-0.15, -0.1) is 0 Å². The summed E-state index contributed by atoms with van der Waals surface area (Å²) in [5.74, 6) is 4.17. The van der Waals surface area contributed by atoms with Crippen molar-refractivity contribution in [2.45, 2.75) is 143 Å². The van der Waals surface area contributed by atoms with Gasteiger partial charge in [0.2, 0.25) is 0 Å². The van der Waals surface area contributed by atoms with Crippen LogP contribution in [-0.2, 0) is 0 Å². The molecule has 9 aromatic rings. The maximum Gasteiger partial charge on any atom is 0.256 e. The lowest BCUT2D eigenvalue weighted by Gasteiger charge is -2.42. The van der Waals surface area contributed by atoms with E-state index in [0.717, 1.165) is 192 Å². The van der Waals surface area contributed by atoms with Crippen molar-refractivity contribution in [1.29, 1.82) is 0 Å². The summed E-state index contributed by atoms with van der Waals surface area (Å²) >= 11 is 0. The van der Waals surface area contributed by atoms with Crippen molar-refractivity contribution >= 4 is 63.7 Å². The number of likely N-dealkylation sites (tertiary alicyclic amines) is 1. The van der Waals surface area contributed by atoms with E-state index in [2.05, 4.69) is 136 Å². The Morgan fingerprint density at radius 3 is 1.18 bits per heavy atom. The van der Waals surface area contributed by atoms with E-state index in [1.165, 1.54) is 5.56 Å². The first-order valence-corrected chi connectivity index (χ1v) is 41.0. The molecule has 6 aliphatic rings. The number of nitrogens with one attached hydrogen (secondary N) is 3. The van der Waals surface area contributed by atoms with Gasteiger partial charge in [0.15, 0.2) is 0 Å². The molecule has 6 N–H and O–H groups in total. The zero-order chi connectivity index (χ0) is 79.9. The highest BCUT2D eigenvalue weighted by Crippen LogP contribution is 2.38. The number of carbonyl (C=O) groups excluding carboxylic acids is 3. The fourth-order valence-electron chi connectivity index (χ4n) is 18.1. The quantitative estimate of drug-likeness (QED) is 0.0467. The van der Waals surface area contributed by atoms with Crippen molar-refractivity contribution in [2.24, 2.45) is 5.92 Å². The number of rotatable bonds is 18. The molecule has 0 bridgehead atoms. The van der Waals surface area contributed by atoms with Crippen molar-refractivity contribution in [3.63, 3.8) is 0 Å². The van der Waals surface area contributed by atoms with Gasteiger partial charge in [0.25, 0.3) is 17.7 Å². The SMILES string of the molecule is Cc1cc(C)c(C(=O)N2CCC(c3ccccn3)[C@H](CO)C2)c(C)c1NC1CCN(c2ccccn2)CC1.Cc1cc(C)c(C(=O)N2CCN(c3ccccn3)[C@H](CO)C2)c(C)c1NC1CCN(c2ccccn2)CC1.Cc1nc(C)c(C(=O)N2CCN(c3ccccc3)[C@H](CO)C2)c(C)c1NC1CCN(c2ccccn2)CC1. The summed E-state index contributed by atoms with van der Waals surface area (Å²) < 4.78 is 0. The molecule has 6 aliphatic heterocycles. The van der Waals surface area contributed by atoms with E-state index in [0.29, 0.717) is 76.0 Å². The molecule has 114 heavy (non-hydrogen) atoms. The molecule has 0 radical (unpaired) electrons. The second kappa shape index (κ2) is 37.9. The normalized spacial score (nSPS) is 19.2. The molecule has 23 heteroatoms. The number of para-hydroxylation sites is 1.